The zero-order valence-corrected chi connectivity index (χ0v) is 13.1. The van der Waals surface area contributed by atoms with Crippen molar-refractivity contribution in [2.24, 2.45) is 5.41 Å². The summed E-state index contributed by atoms with van der Waals surface area (Å²) in [4.78, 5) is 2.51. The van der Waals surface area contributed by atoms with Gasteiger partial charge in [0.25, 0.3) is 0 Å². The summed E-state index contributed by atoms with van der Waals surface area (Å²) in [6.45, 7) is 3.90. The molecular formula is C16H34N2O. The first-order chi connectivity index (χ1) is 9.22. The Hall–Kier alpha value is -0.120. The van der Waals surface area contributed by atoms with Gasteiger partial charge < -0.3 is 15.3 Å². The summed E-state index contributed by atoms with van der Waals surface area (Å²) in [5.74, 6) is 0. The summed E-state index contributed by atoms with van der Waals surface area (Å²) in [6, 6.07) is 0. The molecule has 3 nitrogen and oxygen atoms in total. The standard InChI is InChI=1S/C16H34N2O/c1-17-14-16(10-6-3-4-7-11-16)15-18(2)12-8-5-9-13-19/h17,19H,3-15H2,1-2H3. The van der Waals surface area contributed by atoms with Crippen LogP contribution in [0.1, 0.15) is 57.8 Å². The second kappa shape index (κ2) is 9.73. The quantitative estimate of drug-likeness (QED) is 0.499. The summed E-state index contributed by atoms with van der Waals surface area (Å²) in [7, 11) is 4.36. The van der Waals surface area contributed by atoms with Gasteiger partial charge in [-0.05, 0) is 58.2 Å². The lowest BCUT2D eigenvalue weighted by atomic mass is 9.79. The van der Waals surface area contributed by atoms with Gasteiger partial charge in [0.2, 0.25) is 0 Å². The van der Waals surface area contributed by atoms with Crippen molar-refractivity contribution in [3.63, 3.8) is 0 Å². The minimum atomic E-state index is 0.341. The smallest absolute Gasteiger partial charge is 0.0431 e. The third-order valence-electron chi connectivity index (χ3n) is 4.52. The topological polar surface area (TPSA) is 35.5 Å². The zero-order chi connectivity index (χ0) is 14.0. The Morgan fingerprint density at radius 3 is 2.32 bits per heavy atom. The number of hydrogen-bond donors (Lipinski definition) is 2. The molecule has 114 valence electrons. The fourth-order valence-corrected chi connectivity index (χ4v) is 3.57. The molecule has 0 aliphatic heterocycles. The van der Waals surface area contributed by atoms with Crippen LogP contribution in [0.5, 0.6) is 0 Å². The van der Waals surface area contributed by atoms with E-state index in [4.69, 9.17) is 5.11 Å². The molecule has 1 saturated carbocycles. The van der Waals surface area contributed by atoms with Crippen LogP contribution in [0.2, 0.25) is 0 Å². The summed E-state index contributed by atoms with van der Waals surface area (Å²) in [6.07, 6.45) is 11.7. The van der Waals surface area contributed by atoms with Gasteiger partial charge in [-0.2, -0.15) is 0 Å². The second-order valence-corrected chi connectivity index (χ2v) is 6.47. The van der Waals surface area contributed by atoms with Crippen LogP contribution < -0.4 is 5.32 Å². The summed E-state index contributed by atoms with van der Waals surface area (Å²) >= 11 is 0. The molecule has 0 aromatic heterocycles. The van der Waals surface area contributed by atoms with E-state index in [1.807, 2.05) is 0 Å². The normalized spacial score (nSPS) is 19.6. The van der Waals surface area contributed by atoms with Gasteiger partial charge in [-0.15, -0.1) is 0 Å². The zero-order valence-electron chi connectivity index (χ0n) is 13.1. The van der Waals surface area contributed by atoms with E-state index in [1.165, 1.54) is 58.0 Å². The third-order valence-corrected chi connectivity index (χ3v) is 4.52. The highest BCUT2D eigenvalue weighted by atomic mass is 16.2. The van der Waals surface area contributed by atoms with E-state index in [0.29, 0.717) is 12.0 Å². The molecule has 0 unspecified atom stereocenters. The van der Waals surface area contributed by atoms with Gasteiger partial charge in [0.1, 0.15) is 0 Å². The second-order valence-electron chi connectivity index (χ2n) is 6.47. The number of nitrogens with one attached hydrogen (secondary N) is 1. The predicted octanol–water partition coefficient (Wildman–Crippen LogP) is 2.64. The molecule has 1 rings (SSSR count). The summed E-state index contributed by atoms with van der Waals surface area (Å²) in [5.41, 5.74) is 0.497. The average Bonchev–Trinajstić information content (AvgIpc) is 2.61. The lowest BCUT2D eigenvalue weighted by Gasteiger charge is -2.36. The van der Waals surface area contributed by atoms with Crippen molar-refractivity contribution < 1.29 is 5.11 Å². The molecule has 0 aromatic carbocycles. The lowest BCUT2D eigenvalue weighted by molar-refractivity contribution is 0.146. The fraction of sp³-hybridized carbons (Fsp3) is 1.00. The minimum Gasteiger partial charge on any atom is -0.396 e. The van der Waals surface area contributed by atoms with Crippen molar-refractivity contribution in [1.29, 1.82) is 0 Å². The van der Waals surface area contributed by atoms with E-state index >= 15 is 0 Å². The molecule has 0 radical (unpaired) electrons. The number of rotatable bonds is 9. The number of hydrogen-bond acceptors (Lipinski definition) is 3. The highest BCUT2D eigenvalue weighted by Gasteiger charge is 2.31. The van der Waals surface area contributed by atoms with E-state index in [9.17, 15) is 0 Å². The maximum Gasteiger partial charge on any atom is 0.0431 e. The van der Waals surface area contributed by atoms with Crippen LogP contribution in [0.25, 0.3) is 0 Å². The fourth-order valence-electron chi connectivity index (χ4n) is 3.57. The van der Waals surface area contributed by atoms with Crippen LogP contribution >= 0.6 is 0 Å². The van der Waals surface area contributed by atoms with E-state index in [2.05, 4.69) is 24.3 Å². The Labute approximate surface area is 119 Å². The molecule has 0 aromatic rings. The average molecular weight is 270 g/mol. The number of unbranched alkanes of at least 4 members (excludes halogenated alkanes) is 2. The first-order valence-electron chi connectivity index (χ1n) is 8.16. The van der Waals surface area contributed by atoms with Crippen molar-refractivity contribution in [2.45, 2.75) is 57.8 Å². The molecule has 0 heterocycles. The van der Waals surface area contributed by atoms with E-state index in [1.54, 1.807) is 0 Å². The molecule has 19 heavy (non-hydrogen) atoms. The highest BCUT2D eigenvalue weighted by Crippen LogP contribution is 2.35. The predicted molar refractivity (Wildman–Crippen MR) is 82.5 cm³/mol. The molecule has 1 aliphatic rings. The van der Waals surface area contributed by atoms with Gasteiger partial charge >= 0.3 is 0 Å². The van der Waals surface area contributed by atoms with Gasteiger partial charge in [-0.25, -0.2) is 0 Å². The van der Waals surface area contributed by atoms with Gasteiger partial charge in [0.05, 0.1) is 0 Å². The van der Waals surface area contributed by atoms with Crippen LogP contribution in [-0.4, -0.2) is 50.3 Å². The first kappa shape index (κ1) is 16.9. The van der Waals surface area contributed by atoms with E-state index in [-0.39, 0.29) is 0 Å². The van der Waals surface area contributed by atoms with Crippen molar-refractivity contribution in [3.8, 4) is 0 Å². The number of nitrogens with zero attached hydrogens (tertiary/aromatic N) is 1. The maximum atomic E-state index is 8.81. The highest BCUT2D eigenvalue weighted by molar-refractivity contribution is 4.86. The van der Waals surface area contributed by atoms with Gasteiger partial charge in [-0.3, -0.25) is 0 Å². The first-order valence-corrected chi connectivity index (χ1v) is 8.16. The third kappa shape index (κ3) is 6.73. The van der Waals surface area contributed by atoms with Crippen LogP contribution in [-0.2, 0) is 0 Å². The Morgan fingerprint density at radius 1 is 1.05 bits per heavy atom. The molecule has 0 amide bonds. The minimum absolute atomic E-state index is 0.341. The largest absolute Gasteiger partial charge is 0.396 e. The lowest BCUT2D eigenvalue weighted by Crippen LogP contribution is -2.42. The van der Waals surface area contributed by atoms with Crippen molar-refractivity contribution >= 4 is 0 Å². The van der Waals surface area contributed by atoms with Crippen LogP contribution in [0.15, 0.2) is 0 Å². The number of aliphatic hydroxyl groups is 1. The summed E-state index contributed by atoms with van der Waals surface area (Å²) < 4.78 is 0. The van der Waals surface area contributed by atoms with E-state index in [0.717, 1.165) is 19.4 Å². The summed E-state index contributed by atoms with van der Waals surface area (Å²) in [5, 5.41) is 12.2. The van der Waals surface area contributed by atoms with Gasteiger partial charge in [0.15, 0.2) is 0 Å². The molecule has 2 N–H and O–H groups in total. The van der Waals surface area contributed by atoms with Gasteiger partial charge in [0, 0.05) is 19.7 Å². The Balaban J connectivity index is 2.38. The van der Waals surface area contributed by atoms with Gasteiger partial charge in [-0.1, -0.05) is 25.7 Å². The molecule has 1 fully saturated rings. The van der Waals surface area contributed by atoms with Crippen LogP contribution in [0.3, 0.4) is 0 Å². The monoisotopic (exact) mass is 270 g/mol. The molecule has 3 heteroatoms. The number of aliphatic hydroxyl groups excluding tert-OH is 1. The molecule has 0 bridgehead atoms. The molecule has 0 saturated heterocycles. The Bertz CT molecular complexity index is 213. The van der Waals surface area contributed by atoms with Crippen molar-refractivity contribution in [2.75, 3.05) is 40.3 Å². The van der Waals surface area contributed by atoms with E-state index < -0.39 is 0 Å². The SMILES string of the molecule is CNCC1(CN(C)CCCCCO)CCCCCC1. The van der Waals surface area contributed by atoms with Crippen molar-refractivity contribution in [3.05, 3.63) is 0 Å². The molecular weight excluding hydrogens is 236 g/mol. The molecule has 1 aliphatic carbocycles. The maximum absolute atomic E-state index is 8.81. The van der Waals surface area contributed by atoms with Crippen LogP contribution in [0, 0.1) is 5.41 Å². The van der Waals surface area contributed by atoms with Crippen molar-refractivity contribution in [1.82, 2.24) is 10.2 Å². The van der Waals surface area contributed by atoms with Crippen LogP contribution in [0.4, 0.5) is 0 Å². The Morgan fingerprint density at radius 2 is 1.74 bits per heavy atom. The molecule has 0 atom stereocenters. The Kier molecular flexibility index (Phi) is 8.67. The molecule has 0 spiro atoms.